The Labute approximate surface area is 199 Å². The number of benzene rings is 2. The molecule has 2 N–H and O–H groups in total. The highest BCUT2D eigenvalue weighted by molar-refractivity contribution is 6.48. The average molecular weight is 469 g/mol. The van der Waals surface area contributed by atoms with Crippen molar-refractivity contribution in [3.63, 3.8) is 0 Å². The van der Waals surface area contributed by atoms with Crippen LogP contribution in [0.15, 0.2) is 95.4 Å². The van der Waals surface area contributed by atoms with Crippen LogP contribution in [0.3, 0.4) is 0 Å². The first-order chi connectivity index (χ1) is 16.5. The van der Waals surface area contributed by atoms with E-state index in [-0.39, 0.29) is 17.2 Å². The summed E-state index contributed by atoms with van der Waals surface area (Å²) in [5.41, 5.74) is 1.05. The molecule has 0 radical (unpaired) electrons. The quantitative estimate of drug-likeness (QED) is 0.353. The molecule has 1 atom stereocenters. The Balaban J connectivity index is 1.65. The zero-order valence-electron chi connectivity index (χ0n) is 17.7. The molecule has 166 valence electrons. The maximum absolute atomic E-state index is 13.3. The van der Waals surface area contributed by atoms with Gasteiger partial charge in [0.05, 0.1) is 5.02 Å². The number of aromatic nitrogens is 2. The molecule has 3 heterocycles. The van der Waals surface area contributed by atoms with E-state index in [1.165, 1.54) is 12.4 Å². The van der Waals surface area contributed by atoms with Gasteiger partial charge in [0.1, 0.15) is 0 Å². The molecule has 4 aromatic rings. The topological polar surface area (TPSA) is 114 Å². The molecule has 9 heteroatoms. The van der Waals surface area contributed by atoms with Crippen LogP contribution in [0.5, 0.6) is 0 Å². The van der Waals surface area contributed by atoms with E-state index in [1.807, 2.05) is 30.3 Å². The van der Waals surface area contributed by atoms with Gasteiger partial charge in [-0.1, -0.05) is 35.9 Å². The minimum Gasteiger partial charge on any atom is -0.289 e. The Hall–Kier alpha value is -4.27. The Kier molecular flexibility index (Phi) is 5.67. The fourth-order valence-corrected chi connectivity index (χ4v) is 3.90. The maximum Gasteiger partial charge on any atom is 0.231 e. The first-order valence-electron chi connectivity index (χ1n) is 10.3. The van der Waals surface area contributed by atoms with Crippen molar-refractivity contribution in [1.29, 1.82) is 0 Å². The van der Waals surface area contributed by atoms with Crippen molar-refractivity contribution in [3.05, 3.63) is 107 Å². The van der Waals surface area contributed by atoms with Gasteiger partial charge in [0, 0.05) is 41.5 Å². The van der Waals surface area contributed by atoms with E-state index in [4.69, 9.17) is 17.4 Å². The predicted molar refractivity (Wildman–Crippen MR) is 130 cm³/mol. The smallest absolute Gasteiger partial charge is 0.231 e. The van der Waals surface area contributed by atoms with Crippen molar-refractivity contribution in [1.82, 2.24) is 15.0 Å². The number of carbonyl (C=O) groups excluding carboxylic acids is 2. The van der Waals surface area contributed by atoms with Gasteiger partial charge in [-0.3, -0.25) is 24.6 Å². The van der Waals surface area contributed by atoms with E-state index in [0.717, 1.165) is 15.8 Å². The van der Waals surface area contributed by atoms with Crippen LogP contribution in [0.1, 0.15) is 26.3 Å². The second-order valence-electron chi connectivity index (χ2n) is 7.53. The maximum atomic E-state index is 13.3. The van der Waals surface area contributed by atoms with Gasteiger partial charge < -0.3 is 0 Å². The van der Waals surface area contributed by atoms with Crippen LogP contribution in [-0.2, 0) is 0 Å². The van der Waals surface area contributed by atoms with Crippen molar-refractivity contribution in [2.24, 2.45) is 15.8 Å². The lowest BCUT2D eigenvalue weighted by Crippen LogP contribution is -2.52. The molecular formula is C25H17ClN6O2. The Bertz CT molecular complexity index is 1470. The van der Waals surface area contributed by atoms with Gasteiger partial charge in [-0.25, -0.2) is 15.8 Å². The lowest BCUT2D eigenvalue weighted by Gasteiger charge is -2.30. The Morgan fingerprint density at radius 3 is 2.18 bits per heavy atom. The second-order valence-corrected chi connectivity index (χ2v) is 7.93. The second kappa shape index (κ2) is 8.93. The van der Waals surface area contributed by atoms with Crippen LogP contribution < -0.4 is 5.84 Å². The third-order valence-corrected chi connectivity index (χ3v) is 5.66. The summed E-state index contributed by atoms with van der Waals surface area (Å²) in [6, 6.07) is 17.7. The molecule has 0 fully saturated rings. The highest BCUT2D eigenvalue weighted by Gasteiger charge is 2.34. The summed E-state index contributed by atoms with van der Waals surface area (Å²) in [7, 11) is 0. The number of hydrogen-bond acceptors (Lipinski definition) is 8. The van der Waals surface area contributed by atoms with E-state index in [9.17, 15) is 9.59 Å². The number of hydrogen-bond donors (Lipinski definition) is 1. The van der Waals surface area contributed by atoms with E-state index in [1.54, 1.807) is 42.7 Å². The molecule has 34 heavy (non-hydrogen) atoms. The van der Waals surface area contributed by atoms with Crippen molar-refractivity contribution in [3.8, 4) is 0 Å². The monoisotopic (exact) mass is 468 g/mol. The number of hydrazine groups is 1. The highest BCUT2D eigenvalue weighted by atomic mass is 35.5. The zero-order chi connectivity index (χ0) is 23.7. The molecule has 0 bridgehead atoms. The Morgan fingerprint density at radius 2 is 1.53 bits per heavy atom. The van der Waals surface area contributed by atoms with Crippen LogP contribution in [-0.4, -0.2) is 44.4 Å². The van der Waals surface area contributed by atoms with Crippen molar-refractivity contribution in [2.45, 2.75) is 6.17 Å². The van der Waals surface area contributed by atoms with Crippen LogP contribution in [0, 0.1) is 0 Å². The van der Waals surface area contributed by atoms with Gasteiger partial charge in [-0.05, 0) is 47.2 Å². The first-order valence-corrected chi connectivity index (χ1v) is 10.7. The number of aliphatic imine (C=N–C) groups is 2. The predicted octanol–water partition coefficient (Wildman–Crippen LogP) is 3.71. The lowest BCUT2D eigenvalue weighted by atomic mass is 10.0. The number of ketones is 2. The number of Topliss-reactive ketones (excluding diaryl/α,β-unsaturated/α-hetero) is 2. The van der Waals surface area contributed by atoms with Crippen molar-refractivity contribution < 1.29 is 9.59 Å². The van der Waals surface area contributed by atoms with E-state index in [2.05, 4.69) is 20.0 Å². The van der Waals surface area contributed by atoms with Crippen molar-refractivity contribution in [2.75, 3.05) is 0 Å². The van der Waals surface area contributed by atoms with Crippen LogP contribution in [0.4, 0.5) is 0 Å². The number of halogens is 1. The fourth-order valence-electron chi connectivity index (χ4n) is 3.64. The first kappa shape index (κ1) is 21.6. The summed E-state index contributed by atoms with van der Waals surface area (Å²) in [5, 5.41) is 3.33. The summed E-state index contributed by atoms with van der Waals surface area (Å²) < 4.78 is 0. The lowest BCUT2D eigenvalue weighted by molar-refractivity contribution is 0.0891. The minimum atomic E-state index is -1.24. The highest BCUT2D eigenvalue weighted by Crippen LogP contribution is 2.27. The number of fused-ring (bicyclic) bond motifs is 1. The van der Waals surface area contributed by atoms with Crippen molar-refractivity contribution >= 4 is 45.6 Å². The molecule has 0 spiro atoms. The minimum absolute atomic E-state index is 0.153. The molecule has 0 amide bonds. The van der Waals surface area contributed by atoms with Crippen LogP contribution >= 0.6 is 11.6 Å². The fraction of sp³-hybridized carbons (Fsp3) is 0.0400. The molecule has 1 aliphatic rings. The van der Waals surface area contributed by atoms with Gasteiger partial charge >= 0.3 is 0 Å². The standard InChI is InChI=1S/C25H17ClN6O2/c26-20-12-16-6-2-1-5-15(16)11-19(20)24-30-23(21(33)17-7-3-9-28-13-17)31-25(32(24)27)22(34)18-8-4-10-29-14-18/h1-14,25H,27H2. The summed E-state index contributed by atoms with van der Waals surface area (Å²) in [6.07, 6.45) is 4.70. The van der Waals surface area contributed by atoms with Crippen LogP contribution in [0.25, 0.3) is 10.8 Å². The number of rotatable bonds is 5. The van der Waals surface area contributed by atoms with E-state index < -0.39 is 17.7 Å². The van der Waals surface area contributed by atoms with Gasteiger partial charge in [0.2, 0.25) is 23.6 Å². The molecule has 0 saturated heterocycles. The van der Waals surface area contributed by atoms with E-state index >= 15 is 0 Å². The molecule has 1 unspecified atom stereocenters. The number of carbonyl (C=O) groups is 2. The molecule has 5 rings (SSSR count). The normalized spacial score (nSPS) is 15.6. The molecule has 0 saturated carbocycles. The molecular weight excluding hydrogens is 452 g/mol. The van der Waals surface area contributed by atoms with Gasteiger partial charge in [0.25, 0.3) is 0 Å². The molecule has 1 aliphatic heterocycles. The number of amidine groups is 2. The third-order valence-electron chi connectivity index (χ3n) is 5.35. The summed E-state index contributed by atoms with van der Waals surface area (Å²) >= 11 is 6.60. The molecule has 0 aliphatic carbocycles. The molecule has 2 aromatic carbocycles. The summed E-state index contributed by atoms with van der Waals surface area (Å²) in [4.78, 5) is 43.2. The number of nitrogens with two attached hydrogens (primary N) is 1. The molecule has 2 aromatic heterocycles. The van der Waals surface area contributed by atoms with Crippen LogP contribution in [0.2, 0.25) is 5.02 Å². The van der Waals surface area contributed by atoms with Gasteiger partial charge in [-0.2, -0.15) is 0 Å². The third kappa shape index (κ3) is 3.96. The van der Waals surface area contributed by atoms with Gasteiger partial charge in [0.15, 0.2) is 5.84 Å². The number of pyridine rings is 2. The number of nitrogens with zero attached hydrogens (tertiary/aromatic N) is 5. The van der Waals surface area contributed by atoms with Gasteiger partial charge in [-0.15, -0.1) is 0 Å². The largest absolute Gasteiger partial charge is 0.289 e. The summed E-state index contributed by atoms with van der Waals surface area (Å²) in [5.74, 6) is 5.44. The zero-order valence-corrected chi connectivity index (χ0v) is 18.4. The van der Waals surface area contributed by atoms with E-state index in [0.29, 0.717) is 16.1 Å². The average Bonchev–Trinajstić information content (AvgIpc) is 2.89. The Morgan fingerprint density at radius 1 is 0.882 bits per heavy atom. The SMILES string of the molecule is NN1C(c2cc3ccccc3cc2Cl)=NC(C(=O)c2cccnc2)=NC1C(=O)c1cccnc1. The summed E-state index contributed by atoms with van der Waals surface area (Å²) in [6.45, 7) is 0. The molecule has 8 nitrogen and oxygen atoms in total.